The standard InChI is InChI=1S/C13H13ClN2O/c1-16(12(17)13(9-15)5-6-13)8-10-3-2-4-11(14)7-10/h2-4,7H,5-6,8H2,1H3. The summed E-state index contributed by atoms with van der Waals surface area (Å²) in [6, 6.07) is 9.51. The van der Waals surface area contributed by atoms with Gasteiger partial charge in [0.2, 0.25) is 5.91 Å². The average Bonchev–Trinajstić information content (AvgIpc) is 3.09. The van der Waals surface area contributed by atoms with Crippen molar-refractivity contribution in [3.05, 3.63) is 34.9 Å². The van der Waals surface area contributed by atoms with Gasteiger partial charge in [-0.15, -0.1) is 0 Å². The van der Waals surface area contributed by atoms with Crippen LogP contribution in [0.25, 0.3) is 0 Å². The molecule has 0 bridgehead atoms. The minimum Gasteiger partial charge on any atom is -0.340 e. The van der Waals surface area contributed by atoms with Gasteiger partial charge in [-0.25, -0.2) is 0 Å². The smallest absolute Gasteiger partial charge is 0.243 e. The van der Waals surface area contributed by atoms with Gasteiger partial charge in [-0.2, -0.15) is 5.26 Å². The van der Waals surface area contributed by atoms with E-state index in [2.05, 4.69) is 6.07 Å². The van der Waals surface area contributed by atoms with Crippen LogP contribution in [0, 0.1) is 16.7 Å². The third-order valence-electron chi connectivity index (χ3n) is 3.03. The number of amides is 1. The fourth-order valence-electron chi connectivity index (χ4n) is 1.84. The summed E-state index contributed by atoms with van der Waals surface area (Å²) in [4.78, 5) is 13.6. The van der Waals surface area contributed by atoms with Crippen LogP contribution in [0.4, 0.5) is 0 Å². The van der Waals surface area contributed by atoms with Crippen LogP contribution in [0.3, 0.4) is 0 Å². The molecule has 1 aromatic carbocycles. The summed E-state index contributed by atoms with van der Waals surface area (Å²) in [5, 5.41) is 9.62. The molecule has 0 aromatic heterocycles. The van der Waals surface area contributed by atoms with Crippen molar-refractivity contribution < 1.29 is 4.79 Å². The molecule has 2 rings (SSSR count). The van der Waals surface area contributed by atoms with E-state index in [-0.39, 0.29) is 5.91 Å². The van der Waals surface area contributed by atoms with Crippen LogP contribution in [-0.4, -0.2) is 17.9 Å². The zero-order valence-corrected chi connectivity index (χ0v) is 10.4. The number of nitriles is 1. The molecule has 88 valence electrons. The molecule has 0 atom stereocenters. The van der Waals surface area contributed by atoms with Gasteiger partial charge in [0.25, 0.3) is 0 Å². The van der Waals surface area contributed by atoms with Crippen LogP contribution in [0.2, 0.25) is 5.02 Å². The largest absolute Gasteiger partial charge is 0.340 e. The number of hydrogen-bond acceptors (Lipinski definition) is 2. The van der Waals surface area contributed by atoms with Crippen molar-refractivity contribution in [2.75, 3.05) is 7.05 Å². The van der Waals surface area contributed by atoms with E-state index in [1.807, 2.05) is 18.2 Å². The van der Waals surface area contributed by atoms with Crippen LogP contribution in [0.5, 0.6) is 0 Å². The molecule has 0 heterocycles. The fourth-order valence-corrected chi connectivity index (χ4v) is 2.06. The summed E-state index contributed by atoms with van der Waals surface area (Å²) in [5.41, 5.74) is 0.231. The number of benzene rings is 1. The number of rotatable bonds is 3. The summed E-state index contributed by atoms with van der Waals surface area (Å²) in [5.74, 6) is -0.0834. The summed E-state index contributed by atoms with van der Waals surface area (Å²) >= 11 is 5.88. The normalized spacial score (nSPS) is 16.1. The van der Waals surface area contributed by atoms with Crippen molar-refractivity contribution in [1.82, 2.24) is 4.90 Å². The Morgan fingerprint density at radius 2 is 2.29 bits per heavy atom. The monoisotopic (exact) mass is 248 g/mol. The Kier molecular flexibility index (Phi) is 3.08. The van der Waals surface area contributed by atoms with E-state index in [0.717, 1.165) is 5.56 Å². The number of nitrogens with zero attached hydrogens (tertiary/aromatic N) is 2. The molecule has 0 spiro atoms. The summed E-state index contributed by atoms with van der Waals surface area (Å²) in [6.45, 7) is 0.489. The van der Waals surface area contributed by atoms with Crippen molar-refractivity contribution in [2.24, 2.45) is 5.41 Å². The first-order valence-electron chi connectivity index (χ1n) is 5.49. The van der Waals surface area contributed by atoms with Gasteiger partial charge >= 0.3 is 0 Å². The minimum absolute atomic E-state index is 0.0834. The second-order valence-electron chi connectivity index (χ2n) is 4.49. The van der Waals surface area contributed by atoms with Gasteiger partial charge in [0, 0.05) is 18.6 Å². The van der Waals surface area contributed by atoms with E-state index in [9.17, 15) is 4.79 Å². The Labute approximate surface area is 106 Å². The highest BCUT2D eigenvalue weighted by Crippen LogP contribution is 2.46. The van der Waals surface area contributed by atoms with Crippen molar-refractivity contribution in [2.45, 2.75) is 19.4 Å². The molecule has 1 amide bonds. The molecule has 4 heteroatoms. The molecule has 1 saturated carbocycles. The second kappa shape index (κ2) is 4.38. The molecule has 0 aliphatic heterocycles. The minimum atomic E-state index is -0.743. The highest BCUT2D eigenvalue weighted by molar-refractivity contribution is 6.30. The molecule has 0 radical (unpaired) electrons. The highest BCUT2D eigenvalue weighted by atomic mass is 35.5. The molecular weight excluding hydrogens is 236 g/mol. The Morgan fingerprint density at radius 3 is 2.82 bits per heavy atom. The van der Waals surface area contributed by atoms with Crippen molar-refractivity contribution in [3.63, 3.8) is 0 Å². The highest BCUT2D eigenvalue weighted by Gasteiger charge is 2.51. The number of halogens is 1. The van der Waals surface area contributed by atoms with Crippen LogP contribution >= 0.6 is 11.6 Å². The summed E-state index contributed by atoms with van der Waals surface area (Å²) in [6.07, 6.45) is 1.37. The lowest BCUT2D eigenvalue weighted by Gasteiger charge is -2.19. The van der Waals surface area contributed by atoms with Gasteiger partial charge in [0.1, 0.15) is 5.41 Å². The van der Waals surface area contributed by atoms with E-state index in [0.29, 0.717) is 24.4 Å². The molecule has 17 heavy (non-hydrogen) atoms. The number of carbonyl (C=O) groups is 1. The van der Waals surface area contributed by atoms with Gasteiger partial charge in [-0.1, -0.05) is 23.7 Å². The molecule has 0 saturated heterocycles. The average molecular weight is 249 g/mol. The maximum Gasteiger partial charge on any atom is 0.243 e. The fraction of sp³-hybridized carbons (Fsp3) is 0.385. The van der Waals surface area contributed by atoms with Crippen molar-refractivity contribution in [3.8, 4) is 6.07 Å². The summed E-state index contributed by atoms with van der Waals surface area (Å²) < 4.78 is 0. The SMILES string of the molecule is CN(Cc1cccc(Cl)c1)C(=O)C1(C#N)CC1. The maximum absolute atomic E-state index is 12.0. The predicted octanol–water partition coefficient (Wildman–Crippen LogP) is 2.60. The van der Waals surface area contributed by atoms with Gasteiger partial charge in [0.05, 0.1) is 6.07 Å². The first-order valence-corrected chi connectivity index (χ1v) is 5.86. The quantitative estimate of drug-likeness (QED) is 0.825. The van der Waals surface area contributed by atoms with E-state index < -0.39 is 5.41 Å². The first-order chi connectivity index (χ1) is 8.07. The molecule has 1 aromatic rings. The maximum atomic E-state index is 12.0. The lowest BCUT2D eigenvalue weighted by molar-refractivity contribution is -0.134. The zero-order chi connectivity index (χ0) is 12.5. The van der Waals surface area contributed by atoms with Gasteiger partial charge in [-0.3, -0.25) is 4.79 Å². The van der Waals surface area contributed by atoms with Gasteiger partial charge in [-0.05, 0) is 30.5 Å². The Balaban J connectivity index is 2.05. The Hall–Kier alpha value is -1.53. The molecule has 0 N–H and O–H groups in total. The molecular formula is C13H13ClN2O. The number of carbonyl (C=O) groups excluding carboxylic acids is 1. The second-order valence-corrected chi connectivity index (χ2v) is 4.92. The third-order valence-corrected chi connectivity index (χ3v) is 3.26. The topological polar surface area (TPSA) is 44.1 Å². The Morgan fingerprint density at radius 1 is 1.59 bits per heavy atom. The third kappa shape index (κ3) is 2.42. The van der Waals surface area contributed by atoms with Crippen LogP contribution < -0.4 is 0 Å². The van der Waals surface area contributed by atoms with E-state index >= 15 is 0 Å². The van der Waals surface area contributed by atoms with E-state index in [1.54, 1.807) is 18.0 Å². The molecule has 1 fully saturated rings. The van der Waals surface area contributed by atoms with Crippen LogP contribution in [0.1, 0.15) is 18.4 Å². The van der Waals surface area contributed by atoms with Crippen molar-refractivity contribution in [1.29, 1.82) is 5.26 Å². The predicted molar refractivity (Wildman–Crippen MR) is 65.2 cm³/mol. The Bertz CT molecular complexity index is 488. The lowest BCUT2D eigenvalue weighted by atomic mass is 10.1. The van der Waals surface area contributed by atoms with Crippen LogP contribution in [-0.2, 0) is 11.3 Å². The van der Waals surface area contributed by atoms with E-state index in [1.165, 1.54) is 0 Å². The summed E-state index contributed by atoms with van der Waals surface area (Å²) in [7, 11) is 1.72. The van der Waals surface area contributed by atoms with Gasteiger partial charge in [0.15, 0.2) is 0 Å². The molecule has 3 nitrogen and oxygen atoms in total. The zero-order valence-electron chi connectivity index (χ0n) is 9.61. The number of hydrogen-bond donors (Lipinski definition) is 0. The van der Waals surface area contributed by atoms with Crippen molar-refractivity contribution >= 4 is 17.5 Å². The molecule has 1 aliphatic rings. The van der Waals surface area contributed by atoms with E-state index in [4.69, 9.17) is 16.9 Å². The molecule has 1 aliphatic carbocycles. The van der Waals surface area contributed by atoms with Crippen LogP contribution in [0.15, 0.2) is 24.3 Å². The first kappa shape index (κ1) is 11.9. The lowest BCUT2D eigenvalue weighted by Crippen LogP contribution is -2.32. The molecule has 0 unspecified atom stereocenters. The van der Waals surface area contributed by atoms with Gasteiger partial charge < -0.3 is 4.90 Å².